The highest BCUT2D eigenvalue weighted by Crippen LogP contribution is 2.36. The molecule has 3 aliphatic rings. The first-order valence-electron chi connectivity index (χ1n) is 35.5. The summed E-state index contributed by atoms with van der Waals surface area (Å²) in [6.45, 7) is 4.59. The highest BCUT2D eigenvalue weighted by atomic mass is 31.2. The summed E-state index contributed by atoms with van der Waals surface area (Å²) < 4.78 is 50.9. The molecule has 16 N–H and O–H groups in total. The van der Waals surface area contributed by atoms with Gasteiger partial charge >= 0.3 is 7.60 Å². The van der Waals surface area contributed by atoms with Crippen LogP contribution in [0.2, 0.25) is 0 Å². The molecule has 0 aliphatic carbocycles. The fourth-order valence-corrected chi connectivity index (χ4v) is 12.2. The molecule has 17 atom stereocenters. The van der Waals surface area contributed by atoms with Gasteiger partial charge in [0.15, 0.2) is 25.0 Å². The lowest BCUT2D eigenvalue weighted by Crippen LogP contribution is -2.64. The van der Waals surface area contributed by atoms with Gasteiger partial charge in [-0.05, 0) is 64.2 Å². The molecule has 0 saturated carbocycles. The molecule has 0 aromatic heterocycles. The molecule has 0 aromatic carbocycles. The fraction of sp³-hybridized carbons (Fsp3) is 0.892. The average Bonchev–Trinajstić information content (AvgIpc) is 0.825. The highest BCUT2D eigenvalue weighted by Gasteiger charge is 2.48. The van der Waals surface area contributed by atoms with Gasteiger partial charge in [0.2, 0.25) is 35.4 Å². The average molecular weight is 1450 g/mol. The van der Waals surface area contributed by atoms with E-state index in [1.54, 1.807) is 4.90 Å². The van der Waals surface area contributed by atoms with Crippen LogP contribution in [-0.4, -0.2) is 297 Å². The normalized spacial score (nSPS) is 26.4. The van der Waals surface area contributed by atoms with Crippen LogP contribution in [0.1, 0.15) is 181 Å². The van der Waals surface area contributed by atoms with E-state index >= 15 is 0 Å². The Balaban J connectivity index is 1.46. The minimum atomic E-state index is -4.03. The summed E-state index contributed by atoms with van der Waals surface area (Å²) in [6, 6.07) is -3.06. The number of carbonyl (C=O) groups excluding carboxylic acids is 7. The molecular formula is C65H120N7O26P. The van der Waals surface area contributed by atoms with Crippen molar-refractivity contribution in [3.8, 4) is 0 Å². The van der Waals surface area contributed by atoms with Crippen LogP contribution in [0, 0.1) is 0 Å². The van der Waals surface area contributed by atoms with Gasteiger partial charge in [0.05, 0.1) is 26.4 Å². The second-order valence-electron chi connectivity index (χ2n) is 26.0. The van der Waals surface area contributed by atoms with Crippen LogP contribution >= 0.6 is 7.60 Å². The first-order chi connectivity index (χ1) is 47.2. The molecule has 3 fully saturated rings. The van der Waals surface area contributed by atoms with Crippen LogP contribution in [0.4, 0.5) is 0 Å². The molecule has 8 unspecified atom stereocenters. The van der Waals surface area contributed by atoms with Crippen LogP contribution in [0.25, 0.3) is 0 Å². The van der Waals surface area contributed by atoms with E-state index in [9.17, 15) is 94.1 Å². The van der Waals surface area contributed by atoms with Crippen molar-refractivity contribution in [3.05, 3.63) is 0 Å². The van der Waals surface area contributed by atoms with Gasteiger partial charge in [-0.2, -0.15) is 0 Å². The Morgan fingerprint density at radius 2 is 0.737 bits per heavy atom. The van der Waals surface area contributed by atoms with Gasteiger partial charge in [-0.15, -0.1) is 0 Å². The predicted molar refractivity (Wildman–Crippen MR) is 356 cm³/mol. The van der Waals surface area contributed by atoms with Gasteiger partial charge < -0.3 is 125 Å². The number of hydrogen-bond donors (Lipinski definition) is 16. The van der Waals surface area contributed by atoms with E-state index in [1.165, 1.54) is 25.7 Å². The Morgan fingerprint density at radius 1 is 0.434 bits per heavy atom. The Hall–Kier alpha value is -4.20. The van der Waals surface area contributed by atoms with E-state index in [4.69, 9.17) is 32.9 Å². The summed E-state index contributed by atoms with van der Waals surface area (Å²) in [7, 11) is -4.03. The lowest BCUT2D eigenvalue weighted by Gasteiger charge is -2.42. The number of unbranched alkanes of at least 4 members (excludes halogenated alkanes) is 16. The van der Waals surface area contributed by atoms with E-state index in [-0.39, 0.29) is 70.0 Å². The molecule has 34 heteroatoms. The summed E-state index contributed by atoms with van der Waals surface area (Å²) in [5, 5.41) is 115. The first kappa shape index (κ1) is 89.0. The molecule has 0 spiro atoms. The number of nitrogens with zero attached hydrogens (tertiary/aromatic N) is 2. The zero-order valence-corrected chi connectivity index (χ0v) is 59.4. The Bertz CT molecular complexity index is 2360. The van der Waals surface area contributed by atoms with Gasteiger partial charge in [-0.1, -0.05) is 77.0 Å². The van der Waals surface area contributed by atoms with E-state index in [1.807, 2.05) is 0 Å². The number of rotatable bonds is 53. The third-order valence-electron chi connectivity index (χ3n) is 17.4. The number of aliphatic hydroxyl groups is 10. The quantitative estimate of drug-likeness (QED) is 0.0249. The standard InChI is InChI=1S/C65H120N7O26P/c1-43(76)68-53-59(86)56(83)47(39-73)96-63(53)92-36-22-14-8-5-11-17-27-50(80)66-30-25-34-71(52(82)29-19-13-7-10-16-24-38-94-65-55(70-45(3)78)61(88)58(85)49(41-75)98-65)32-20-21-33-72(62(89)46(79)42-95-99(4,90)91)35-26-31-67-51(81)28-18-12-6-9-15-23-37-93-64-54(69-44(2)77)60(87)57(84)48(40-74)97-64/h46-49,53-61,63-65,73-75,79,83-88H,5-42H2,1-4H3,(H,66,80)(H,67,81)(H,68,76)(H,69,77)(H,70,78)(H,90,91)/t46?,47?,48?,49?,53?,54?,55?,56-,57-,58-,59+,60+,61+,63+,64+,65+/m0/s1. The molecule has 3 saturated heterocycles. The van der Waals surface area contributed by atoms with E-state index in [2.05, 4.69) is 26.6 Å². The maximum Gasteiger partial charge on any atom is 0.325 e. The largest absolute Gasteiger partial charge is 0.394 e. The molecule has 3 rings (SSSR count). The van der Waals surface area contributed by atoms with Crippen LogP contribution < -0.4 is 26.6 Å². The molecule has 7 amide bonds. The summed E-state index contributed by atoms with van der Waals surface area (Å²) >= 11 is 0. The lowest BCUT2D eigenvalue weighted by molar-refractivity contribution is -0.270. The first-order valence-corrected chi connectivity index (χ1v) is 37.5. The summed E-state index contributed by atoms with van der Waals surface area (Å²) in [6.07, 6.45) is -0.469. The van der Waals surface area contributed by atoms with Crippen molar-refractivity contribution < 1.29 is 127 Å². The van der Waals surface area contributed by atoms with Gasteiger partial charge in [0, 0.05) is 106 Å². The zero-order chi connectivity index (χ0) is 73.3. The summed E-state index contributed by atoms with van der Waals surface area (Å²) in [5.74, 6) is -2.45. The molecule has 0 radical (unpaired) electrons. The summed E-state index contributed by atoms with van der Waals surface area (Å²) in [5.41, 5.74) is 0. The Morgan fingerprint density at radius 3 is 1.07 bits per heavy atom. The topological polar surface area (TPSA) is 490 Å². The van der Waals surface area contributed by atoms with Crippen molar-refractivity contribution in [1.29, 1.82) is 0 Å². The van der Waals surface area contributed by atoms with E-state index in [0.717, 1.165) is 83.7 Å². The number of carbonyl (C=O) groups is 7. The molecule has 99 heavy (non-hydrogen) atoms. The number of nitrogens with one attached hydrogen (secondary N) is 5. The van der Waals surface area contributed by atoms with Crippen molar-refractivity contribution in [1.82, 2.24) is 36.4 Å². The van der Waals surface area contributed by atoms with Crippen molar-refractivity contribution >= 4 is 48.9 Å². The van der Waals surface area contributed by atoms with Gasteiger partial charge in [0.1, 0.15) is 73.1 Å². The molecular weight excluding hydrogens is 1330 g/mol. The summed E-state index contributed by atoms with van der Waals surface area (Å²) in [4.78, 5) is 101. The minimum Gasteiger partial charge on any atom is -0.394 e. The van der Waals surface area contributed by atoms with Crippen molar-refractivity contribution in [2.75, 3.05) is 92.2 Å². The van der Waals surface area contributed by atoms with Gasteiger partial charge in [-0.3, -0.25) is 38.1 Å². The van der Waals surface area contributed by atoms with Crippen LogP contribution in [0.5, 0.6) is 0 Å². The molecule has 0 bridgehead atoms. The Labute approximate surface area is 581 Å². The molecule has 0 aromatic rings. The molecule has 576 valence electrons. The predicted octanol–water partition coefficient (Wildman–Crippen LogP) is -1.30. The molecule has 3 heterocycles. The van der Waals surface area contributed by atoms with Crippen LogP contribution in [0.3, 0.4) is 0 Å². The van der Waals surface area contributed by atoms with Crippen LogP contribution in [0.15, 0.2) is 0 Å². The van der Waals surface area contributed by atoms with Crippen LogP contribution in [-0.2, 0) is 71.1 Å². The van der Waals surface area contributed by atoms with Crippen molar-refractivity contribution in [3.63, 3.8) is 0 Å². The van der Waals surface area contributed by atoms with Gasteiger partial charge in [0.25, 0.3) is 5.91 Å². The van der Waals surface area contributed by atoms with Crippen molar-refractivity contribution in [2.24, 2.45) is 0 Å². The maximum atomic E-state index is 13.9. The third-order valence-corrected chi connectivity index (χ3v) is 18.0. The van der Waals surface area contributed by atoms with E-state index in [0.29, 0.717) is 90.3 Å². The Kier molecular flexibility index (Phi) is 45.2. The van der Waals surface area contributed by atoms with Crippen molar-refractivity contribution in [2.45, 2.75) is 279 Å². The SMILES string of the molecule is CC(=O)NC1[C@H](OCCCCCCCCC(=O)NCCCN(CCCCN(CCCNC(=O)CCCCCCCCO[C@@H]2OC(CO)[C@H](O)[C@H](O)C2NC(C)=O)C(=O)C(O)COP(C)(=O)O)C(=O)CCCCCCCCO[C@@H]2OC(CO)[C@H](O)[C@H](O)C2NC(C)=O)OC(CO)[C@H](O)[C@@H]1O. The second-order valence-corrected chi connectivity index (χ2v) is 27.8. The third kappa shape index (κ3) is 35.7. The monoisotopic (exact) mass is 1450 g/mol. The zero-order valence-electron chi connectivity index (χ0n) is 58.5. The number of amides is 7. The minimum absolute atomic E-state index is 0.0821. The van der Waals surface area contributed by atoms with E-state index < -0.39 is 156 Å². The van der Waals surface area contributed by atoms with Gasteiger partial charge in [-0.25, -0.2) is 0 Å². The number of aliphatic hydroxyl groups excluding tert-OH is 10. The highest BCUT2D eigenvalue weighted by molar-refractivity contribution is 7.51. The second kappa shape index (κ2) is 50.2. The lowest BCUT2D eigenvalue weighted by atomic mass is 9.97. The smallest absolute Gasteiger partial charge is 0.325 e. The number of ether oxygens (including phenoxy) is 6. The number of hydrogen-bond acceptors (Lipinski definition) is 25. The maximum absolute atomic E-state index is 13.9. The molecule has 3 aliphatic heterocycles. The fourth-order valence-electron chi connectivity index (χ4n) is 11.8. The molecule has 33 nitrogen and oxygen atoms in total.